The van der Waals surface area contributed by atoms with Crippen molar-refractivity contribution in [2.75, 3.05) is 0 Å². The Balaban J connectivity index is 2.03. The van der Waals surface area contributed by atoms with Crippen molar-refractivity contribution in [3.05, 3.63) is 0 Å². The zero-order valence-electron chi connectivity index (χ0n) is 10.2. The normalized spacial score (nSPS) is 57.1. The Labute approximate surface area is 93.4 Å². The van der Waals surface area contributed by atoms with Crippen LogP contribution in [0.25, 0.3) is 0 Å². The quantitative estimate of drug-likeness (QED) is 0.608. The molecule has 0 heterocycles. The van der Waals surface area contributed by atoms with Gasteiger partial charge in [-0.25, -0.2) is 0 Å². The van der Waals surface area contributed by atoms with Gasteiger partial charge in [-0.3, -0.25) is 4.99 Å². The van der Waals surface area contributed by atoms with Gasteiger partial charge in [-0.2, -0.15) is 0 Å². The average Bonchev–Trinajstić information content (AvgIpc) is 2.14. The van der Waals surface area contributed by atoms with E-state index in [2.05, 4.69) is 25.6 Å². The van der Waals surface area contributed by atoms with Gasteiger partial charge in [-0.15, -0.1) is 0 Å². The highest BCUT2D eigenvalue weighted by Gasteiger charge is 2.60. The van der Waals surface area contributed by atoms with E-state index in [9.17, 15) is 0 Å². The summed E-state index contributed by atoms with van der Waals surface area (Å²) in [5.41, 5.74) is 1.51. The van der Waals surface area contributed by atoms with Crippen molar-refractivity contribution in [2.24, 2.45) is 21.7 Å². The van der Waals surface area contributed by atoms with Gasteiger partial charge in [0.05, 0.1) is 5.54 Å². The van der Waals surface area contributed by atoms with E-state index in [1.165, 1.54) is 44.9 Å². The van der Waals surface area contributed by atoms with Gasteiger partial charge in [0.25, 0.3) is 0 Å². The van der Waals surface area contributed by atoms with Crippen LogP contribution in [0.4, 0.5) is 0 Å². The molecule has 4 rings (SSSR count). The van der Waals surface area contributed by atoms with E-state index in [1.54, 1.807) is 0 Å². The highest BCUT2D eigenvalue weighted by molar-refractivity contribution is 5.29. The van der Waals surface area contributed by atoms with Crippen molar-refractivity contribution in [2.45, 2.75) is 64.3 Å². The lowest BCUT2D eigenvalue weighted by atomic mass is 9.42. The molecule has 4 saturated carbocycles. The second-order valence-electron chi connectivity index (χ2n) is 7.06. The van der Waals surface area contributed by atoms with Crippen molar-refractivity contribution in [1.29, 1.82) is 0 Å². The predicted molar refractivity (Wildman–Crippen MR) is 64.3 cm³/mol. The Morgan fingerprint density at radius 2 is 2.00 bits per heavy atom. The molecule has 0 aromatic carbocycles. The van der Waals surface area contributed by atoms with E-state index in [4.69, 9.17) is 0 Å². The van der Waals surface area contributed by atoms with E-state index in [0.717, 1.165) is 5.92 Å². The topological polar surface area (TPSA) is 12.4 Å². The van der Waals surface area contributed by atoms with Crippen molar-refractivity contribution >= 4 is 6.72 Å². The maximum Gasteiger partial charge on any atom is 0.0614 e. The lowest BCUT2D eigenvalue weighted by Crippen LogP contribution is -2.58. The number of nitrogens with zero attached hydrogens (tertiary/aromatic N) is 1. The molecule has 4 fully saturated rings. The highest BCUT2D eigenvalue weighted by Crippen LogP contribution is 2.68. The number of hydrogen-bond acceptors (Lipinski definition) is 1. The third kappa shape index (κ3) is 1.24. The molecule has 1 heteroatoms. The van der Waals surface area contributed by atoms with Gasteiger partial charge < -0.3 is 0 Å². The molecule has 0 aromatic rings. The van der Waals surface area contributed by atoms with Crippen molar-refractivity contribution < 1.29 is 0 Å². The van der Waals surface area contributed by atoms with E-state index < -0.39 is 0 Å². The first-order valence-corrected chi connectivity index (χ1v) is 6.51. The average molecular weight is 205 g/mol. The molecule has 0 saturated heterocycles. The van der Waals surface area contributed by atoms with Gasteiger partial charge in [0.1, 0.15) is 0 Å². The molecule has 0 radical (unpaired) electrons. The van der Waals surface area contributed by atoms with Crippen LogP contribution < -0.4 is 0 Å². The molecular formula is C14H23N. The zero-order chi connectivity index (χ0) is 10.7. The van der Waals surface area contributed by atoms with Gasteiger partial charge in [-0.05, 0) is 62.0 Å². The minimum atomic E-state index is 0.282. The lowest BCUT2D eigenvalue weighted by Gasteiger charge is -2.64. The van der Waals surface area contributed by atoms with Crippen LogP contribution in [0.3, 0.4) is 0 Å². The summed E-state index contributed by atoms with van der Waals surface area (Å²) in [4.78, 5) is 4.57. The first-order chi connectivity index (χ1) is 7.03. The summed E-state index contributed by atoms with van der Waals surface area (Å²) in [6.45, 7) is 8.78. The largest absolute Gasteiger partial charge is 0.294 e. The Bertz CT molecular complexity index is 310. The Kier molecular flexibility index (Phi) is 1.76. The van der Waals surface area contributed by atoms with E-state index in [1.807, 2.05) is 0 Å². The van der Waals surface area contributed by atoms with Crippen LogP contribution in [0.1, 0.15) is 58.8 Å². The SMILES string of the molecule is C=NC12CC3CC(C)(CC(CC)(C3)C1)C2. The summed E-state index contributed by atoms with van der Waals surface area (Å²) in [7, 11) is 0. The highest BCUT2D eigenvalue weighted by atomic mass is 14.9. The molecule has 1 nitrogen and oxygen atoms in total. The lowest BCUT2D eigenvalue weighted by molar-refractivity contribution is -0.113. The summed E-state index contributed by atoms with van der Waals surface area (Å²) in [6.07, 6.45) is 9.77. The van der Waals surface area contributed by atoms with Crippen molar-refractivity contribution in [3.8, 4) is 0 Å². The van der Waals surface area contributed by atoms with E-state index >= 15 is 0 Å². The number of aliphatic imine (C=N–C) groups is 1. The molecule has 0 N–H and O–H groups in total. The summed E-state index contributed by atoms with van der Waals surface area (Å²) in [5.74, 6) is 0.955. The van der Waals surface area contributed by atoms with Crippen molar-refractivity contribution in [3.63, 3.8) is 0 Å². The van der Waals surface area contributed by atoms with Gasteiger partial charge in [0.15, 0.2) is 0 Å². The van der Waals surface area contributed by atoms with Crippen molar-refractivity contribution in [1.82, 2.24) is 0 Å². The van der Waals surface area contributed by atoms with Gasteiger partial charge >= 0.3 is 0 Å². The second kappa shape index (κ2) is 2.67. The van der Waals surface area contributed by atoms with Crippen LogP contribution in [-0.2, 0) is 0 Å². The van der Waals surface area contributed by atoms with Gasteiger partial charge in [0, 0.05) is 0 Å². The molecule has 0 spiro atoms. The summed E-state index contributed by atoms with van der Waals surface area (Å²) in [5, 5.41) is 0. The standard InChI is InChI=1S/C14H23N/c1-4-13-6-11-5-12(2,8-13)9-14(7-11,10-13)15-3/h11H,3-10H2,1-2H3. The minimum absolute atomic E-state index is 0.282. The molecule has 0 aromatic heterocycles. The maximum absolute atomic E-state index is 4.57. The molecule has 4 aliphatic rings. The third-order valence-electron chi connectivity index (χ3n) is 5.52. The van der Waals surface area contributed by atoms with Crippen LogP contribution in [0.5, 0.6) is 0 Å². The van der Waals surface area contributed by atoms with Crippen LogP contribution in [0.15, 0.2) is 4.99 Å². The van der Waals surface area contributed by atoms with E-state index in [0.29, 0.717) is 10.8 Å². The van der Waals surface area contributed by atoms with Gasteiger partial charge in [-0.1, -0.05) is 20.3 Å². The van der Waals surface area contributed by atoms with Gasteiger partial charge in [0.2, 0.25) is 0 Å². The molecule has 4 unspecified atom stereocenters. The Morgan fingerprint density at radius 1 is 1.20 bits per heavy atom. The zero-order valence-corrected chi connectivity index (χ0v) is 10.2. The summed E-state index contributed by atoms with van der Waals surface area (Å²) >= 11 is 0. The third-order valence-corrected chi connectivity index (χ3v) is 5.52. The summed E-state index contributed by atoms with van der Waals surface area (Å²) < 4.78 is 0. The molecule has 15 heavy (non-hydrogen) atoms. The van der Waals surface area contributed by atoms with Crippen LogP contribution in [-0.4, -0.2) is 12.3 Å². The Hall–Kier alpha value is -0.330. The van der Waals surface area contributed by atoms with Crippen LogP contribution in [0, 0.1) is 16.7 Å². The molecule has 0 amide bonds. The van der Waals surface area contributed by atoms with E-state index in [-0.39, 0.29) is 5.54 Å². The molecule has 84 valence electrons. The predicted octanol–water partition coefficient (Wildman–Crippen LogP) is 3.83. The minimum Gasteiger partial charge on any atom is -0.294 e. The number of rotatable bonds is 2. The number of hydrogen-bond donors (Lipinski definition) is 0. The first-order valence-electron chi connectivity index (χ1n) is 6.51. The molecule has 4 bridgehead atoms. The van der Waals surface area contributed by atoms with Crippen LogP contribution >= 0.6 is 0 Å². The fourth-order valence-corrected chi connectivity index (χ4v) is 5.65. The summed E-state index contributed by atoms with van der Waals surface area (Å²) in [6, 6.07) is 0. The first kappa shape index (κ1) is 9.86. The Morgan fingerprint density at radius 3 is 2.60 bits per heavy atom. The monoisotopic (exact) mass is 205 g/mol. The second-order valence-corrected chi connectivity index (χ2v) is 7.06. The smallest absolute Gasteiger partial charge is 0.0614 e. The molecular weight excluding hydrogens is 182 g/mol. The maximum atomic E-state index is 4.57. The van der Waals surface area contributed by atoms with Crippen LogP contribution in [0.2, 0.25) is 0 Å². The molecule has 0 aliphatic heterocycles. The molecule has 4 aliphatic carbocycles. The fraction of sp³-hybridized carbons (Fsp3) is 0.929. The molecule has 4 atom stereocenters. The fourth-order valence-electron chi connectivity index (χ4n) is 5.65.